The quantitative estimate of drug-likeness (QED) is 0.335. The fraction of sp³-hybridized carbons (Fsp3) is 0.250. The Hall–Kier alpha value is -3.36. The summed E-state index contributed by atoms with van der Waals surface area (Å²) in [7, 11) is 0. The molecule has 0 saturated carbocycles. The van der Waals surface area contributed by atoms with Gasteiger partial charge in [0.1, 0.15) is 15.8 Å². The standard InChI is InChI=1S/C28H19Cl2F3N2O3/c1-14(23(36)34-20-13-7-6-12-19(20)28(31,32)33)35-24(37)21-22(25(35)38)27(30)16-9-3-2-8-15(16)26(21,29)17-10-4-5-11-18(17)27/h2-14,21-22H,1H3,(H,34,36)/t14-,21-,22-,26?,27?/m1/s1. The van der Waals surface area contributed by atoms with Crippen LogP contribution in [-0.4, -0.2) is 28.7 Å². The number of nitrogens with one attached hydrogen (secondary N) is 1. The van der Waals surface area contributed by atoms with Crippen molar-refractivity contribution in [2.45, 2.75) is 28.9 Å². The van der Waals surface area contributed by atoms with Crippen molar-refractivity contribution in [3.63, 3.8) is 0 Å². The van der Waals surface area contributed by atoms with Crippen LogP contribution in [0, 0.1) is 11.8 Å². The second kappa shape index (κ2) is 8.07. The smallest absolute Gasteiger partial charge is 0.324 e. The second-order valence-electron chi connectivity index (χ2n) is 9.73. The summed E-state index contributed by atoms with van der Waals surface area (Å²) in [5.41, 5.74) is 0.908. The summed E-state index contributed by atoms with van der Waals surface area (Å²) < 4.78 is 40.4. The molecule has 0 radical (unpaired) electrons. The zero-order valence-electron chi connectivity index (χ0n) is 19.7. The van der Waals surface area contributed by atoms with Gasteiger partial charge < -0.3 is 5.32 Å². The summed E-state index contributed by atoms with van der Waals surface area (Å²) in [6.45, 7) is 1.29. The van der Waals surface area contributed by atoms with E-state index in [2.05, 4.69) is 5.32 Å². The van der Waals surface area contributed by atoms with Gasteiger partial charge in [-0.2, -0.15) is 13.2 Å². The number of amides is 3. The molecule has 194 valence electrons. The molecule has 3 aromatic rings. The van der Waals surface area contributed by atoms with Crippen molar-refractivity contribution in [3.8, 4) is 0 Å². The highest BCUT2D eigenvalue weighted by molar-refractivity contribution is 6.36. The Kier molecular flexibility index (Phi) is 5.30. The average molecular weight is 559 g/mol. The van der Waals surface area contributed by atoms with Crippen LogP contribution in [0.4, 0.5) is 18.9 Å². The zero-order chi connectivity index (χ0) is 27.2. The number of nitrogens with zero attached hydrogens (tertiary/aromatic N) is 1. The molecular weight excluding hydrogens is 540 g/mol. The Morgan fingerprint density at radius 2 is 1.21 bits per heavy atom. The molecule has 4 aliphatic rings. The molecule has 3 aromatic carbocycles. The second-order valence-corrected chi connectivity index (χ2v) is 10.9. The van der Waals surface area contributed by atoms with Crippen LogP contribution in [0.25, 0.3) is 0 Å². The minimum atomic E-state index is -4.71. The highest BCUT2D eigenvalue weighted by Crippen LogP contribution is 2.69. The van der Waals surface area contributed by atoms with Crippen molar-refractivity contribution in [2.24, 2.45) is 11.8 Å². The molecule has 7 rings (SSSR count). The van der Waals surface area contributed by atoms with Crippen LogP contribution < -0.4 is 5.32 Å². The summed E-state index contributed by atoms with van der Waals surface area (Å²) in [4.78, 5) is 39.0. The number of rotatable bonds is 3. The van der Waals surface area contributed by atoms with Gasteiger partial charge in [0.2, 0.25) is 17.7 Å². The third kappa shape index (κ3) is 3.04. The number of hydrogen-bond donors (Lipinski definition) is 1. The van der Waals surface area contributed by atoms with E-state index in [1.807, 2.05) is 0 Å². The van der Waals surface area contributed by atoms with Crippen LogP contribution in [0.2, 0.25) is 0 Å². The van der Waals surface area contributed by atoms with Crippen molar-refractivity contribution in [3.05, 3.63) is 101 Å². The van der Waals surface area contributed by atoms with Crippen molar-refractivity contribution >= 4 is 46.6 Å². The molecule has 0 spiro atoms. The molecule has 1 fully saturated rings. The normalized spacial score (nSPS) is 28.0. The zero-order valence-corrected chi connectivity index (χ0v) is 21.2. The number of hydrogen-bond acceptors (Lipinski definition) is 3. The lowest BCUT2D eigenvalue weighted by Gasteiger charge is -2.54. The fourth-order valence-electron chi connectivity index (χ4n) is 6.26. The highest BCUT2D eigenvalue weighted by Gasteiger charge is 2.73. The summed E-state index contributed by atoms with van der Waals surface area (Å²) in [5, 5.41) is 2.24. The maximum atomic E-state index is 13.9. The van der Waals surface area contributed by atoms with Crippen molar-refractivity contribution < 1.29 is 27.6 Å². The number of imide groups is 1. The monoisotopic (exact) mass is 558 g/mol. The van der Waals surface area contributed by atoms with Gasteiger partial charge >= 0.3 is 6.18 Å². The number of anilines is 1. The molecule has 5 nitrogen and oxygen atoms in total. The van der Waals surface area contributed by atoms with Gasteiger partial charge in [0, 0.05) is 0 Å². The third-order valence-corrected chi connectivity index (χ3v) is 9.16. The molecule has 1 heterocycles. The number of carbonyl (C=O) groups excluding carboxylic acids is 3. The molecule has 3 amide bonds. The number of para-hydroxylation sites is 1. The minimum absolute atomic E-state index is 0.476. The van der Waals surface area contributed by atoms with Gasteiger partial charge in [-0.05, 0) is 41.3 Å². The molecule has 1 saturated heterocycles. The summed E-state index contributed by atoms with van der Waals surface area (Å²) >= 11 is 14.7. The van der Waals surface area contributed by atoms with Gasteiger partial charge in [-0.25, -0.2) is 0 Å². The molecule has 2 bridgehead atoms. The molecular formula is C28H19Cl2F3N2O3. The summed E-state index contributed by atoms with van der Waals surface area (Å²) in [6, 6.07) is 17.2. The van der Waals surface area contributed by atoms with E-state index >= 15 is 0 Å². The predicted molar refractivity (Wildman–Crippen MR) is 135 cm³/mol. The van der Waals surface area contributed by atoms with E-state index in [0.717, 1.165) is 17.0 Å². The summed E-state index contributed by atoms with van der Waals surface area (Å²) in [6.07, 6.45) is -4.71. The van der Waals surface area contributed by atoms with Crippen molar-refractivity contribution in [2.75, 3.05) is 5.32 Å². The SMILES string of the molecule is C[C@H](C(=O)Nc1ccccc1C(F)(F)F)N1C(=O)[C@H]2[C@H](C1=O)C1(Cl)c3ccccc3C2(Cl)c2ccccc21. The van der Waals surface area contributed by atoms with Crippen LogP contribution in [0.1, 0.15) is 34.7 Å². The first kappa shape index (κ1) is 24.9. The van der Waals surface area contributed by atoms with E-state index < -0.39 is 62.8 Å². The first-order chi connectivity index (χ1) is 17.9. The molecule has 3 atom stereocenters. The fourth-order valence-corrected chi connectivity index (χ4v) is 7.36. The molecule has 38 heavy (non-hydrogen) atoms. The van der Waals surface area contributed by atoms with Crippen LogP contribution in [0.3, 0.4) is 0 Å². The van der Waals surface area contributed by atoms with Gasteiger partial charge in [-0.3, -0.25) is 19.3 Å². The van der Waals surface area contributed by atoms with Crippen LogP contribution in [0.15, 0.2) is 72.8 Å². The van der Waals surface area contributed by atoms with Crippen LogP contribution >= 0.6 is 23.2 Å². The van der Waals surface area contributed by atoms with E-state index in [9.17, 15) is 27.6 Å². The maximum Gasteiger partial charge on any atom is 0.418 e. The Morgan fingerprint density at radius 3 is 1.63 bits per heavy atom. The van der Waals surface area contributed by atoms with E-state index in [1.54, 1.807) is 48.5 Å². The largest absolute Gasteiger partial charge is 0.418 e. The van der Waals surface area contributed by atoms with Gasteiger partial charge in [0.05, 0.1) is 23.1 Å². The van der Waals surface area contributed by atoms with Gasteiger partial charge in [0.25, 0.3) is 0 Å². The van der Waals surface area contributed by atoms with E-state index in [1.165, 1.54) is 19.1 Å². The van der Waals surface area contributed by atoms with Gasteiger partial charge in [0.15, 0.2) is 0 Å². The molecule has 10 heteroatoms. The third-order valence-electron chi connectivity index (χ3n) is 7.88. The van der Waals surface area contributed by atoms with E-state index in [0.29, 0.717) is 22.3 Å². The maximum absolute atomic E-state index is 13.9. The number of benzene rings is 3. The predicted octanol–water partition coefficient (Wildman–Crippen LogP) is 5.63. The topological polar surface area (TPSA) is 66.5 Å². The lowest BCUT2D eigenvalue weighted by Crippen LogP contribution is -2.57. The molecule has 0 unspecified atom stereocenters. The lowest BCUT2D eigenvalue weighted by atomic mass is 9.54. The Bertz CT molecular complexity index is 1420. The molecule has 0 aromatic heterocycles. The first-order valence-corrected chi connectivity index (χ1v) is 12.6. The minimum Gasteiger partial charge on any atom is -0.324 e. The first-order valence-electron chi connectivity index (χ1n) is 11.8. The Morgan fingerprint density at radius 1 is 0.816 bits per heavy atom. The average Bonchev–Trinajstić information content (AvgIpc) is 3.17. The molecule has 1 N–H and O–H groups in total. The molecule has 3 aliphatic carbocycles. The summed E-state index contributed by atoms with van der Waals surface area (Å²) in [5.74, 6) is -4.57. The number of alkyl halides is 5. The Balaban J connectivity index is 1.42. The van der Waals surface area contributed by atoms with Crippen LogP contribution in [0.5, 0.6) is 0 Å². The number of likely N-dealkylation sites (tertiary alicyclic amines) is 1. The van der Waals surface area contributed by atoms with E-state index in [4.69, 9.17) is 23.2 Å². The van der Waals surface area contributed by atoms with Crippen molar-refractivity contribution in [1.29, 1.82) is 0 Å². The highest BCUT2D eigenvalue weighted by atomic mass is 35.5. The van der Waals surface area contributed by atoms with Gasteiger partial charge in [-0.1, -0.05) is 60.7 Å². The van der Waals surface area contributed by atoms with Gasteiger partial charge in [-0.15, -0.1) is 23.2 Å². The van der Waals surface area contributed by atoms with Crippen LogP contribution in [-0.2, 0) is 30.3 Å². The molecule has 1 aliphatic heterocycles. The Labute approximate surface area is 225 Å². The van der Waals surface area contributed by atoms with Crippen molar-refractivity contribution in [1.82, 2.24) is 4.90 Å². The van der Waals surface area contributed by atoms with E-state index in [-0.39, 0.29) is 0 Å². The number of halogens is 5. The number of carbonyl (C=O) groups is 3. The lowest BCUT2D eigenvalue weighted by molar-refractivity contribution is -0.146.